The molecule has 1 aromatic heterocycles. The molecular formula is C8H10ClNO. The van der Waals surface area contributed by atoms with Gasteiger partial charge in [0.2, 0.25) is 0 Å². The normalized spacial score (nSPS) is 10.1. The van der Waals surface area contributed by atoms with Crippen LogP contribution in [0.2, 0.25) is 5.02 Å². The molecule has 0 aliphatic heterocycles. The van der Waals surface area contributed by atoms with Gasteiger partial charge in [0.25, 0.3) is 0 Å². The molecule has 0 unspecified atom stereocenters. The van der Waals surface area contributed by atoms with Crippen molar-refractivity contribution in [3.63, 3.8) is 0 Å². The zero-order valence-corrected chi connectivity index (χ0v) is 7.35. The largest absolute Gasteiger partial charge is 0.619 e. The Bertz CT molecular complexity index is 273. The van der Waals surface area contributed by atoms with E-state index >= 15 is 0 Å². The highest BCUT2D eigenvalue weighted by atomic mass is 35.5. The van der Waals surface area contributed by atoms with Gasteiger partial charge in [0.15, 0.2) is 11.9 Å². The molecule has 0 amide bonds. The van der Waals surface area contributed by atoms with Crippen molar-refractivity contribution in [1.82, 2.24) is 0 Å². The Hall–Kier alpha value is -0.760. The molecule has 0 fully saturated rings. The Morgan fingerprint density at radius 2 is 2.27 bits per heavy atom. The highest BCUT2D eigenvalue weighted by molar-refractivity contribution is 6.31. The van der Waals surface area contributed by atoms with E-state index in [-0.39, 0.29) is 0 Å². The van der Waals surface area contributed by atoms with E-state index in [1.807, 2.05) is 6.92 Å². The fourth-order valence-electron chi connectivity index (χ4n) is 1.08. The second kappa shape index (κ2) is 3.09. The minimum Gasteiger partial charge on any atom is -0.619 e. The minimum absolute atomic E-state index is 0.678. The lowest BCUT2D eigenvalue weighted by Crippen LogP contribution is -2.30. The van der Waals surface area contributed by atoms with Crippen LogP contribution in [0.4, 0.5) is 0 Å². The van der Waals surface area contributed by atoms with Crippen molar-refractivity contribution in [2.75, 3.05) is 0 Å². The lowest BCUT2D eigenvalue weighted by atomic mass is 10.1. The molecule has 60 valence electrons. The summed E-state index contributed by atoms with van der Waals surface area (Å²) in [5.41, 5.74) is 1.63. The summed E-state index contributed by atoms with van der Waals surface area (Å²) >= 11 is 5.85. The summed E-state index contributed by atoms with van der Waals surface area (Å²) in [6, 6.07) is 1.63. The molecule has 0 aromatic carbocycles. The van der Waals surface area contributed by atoms with Gasteiger partial charge in [-0.05, 0) is 6.42 Å². The van der Waals surface area contributed by atoms with Crippen LogP contribution in [0.1, 0.15) is 18.2 Å². The van der Waals surface area contributed by atoms with Crippen LogP contribution in [0.5, 0.6) is 0 Å². The molecule has 0 saturated carbocycles. The van der Waals surface area contributed by atoms with Crippen molar-refractivity contribution >= 4 is 11.6 Å². The molecule has 0 radical (unpaired) electrons. The van der Waals surface area contributed by atoms with E-state index in [0.717, 1.165) is 16.7 Å². The van der Waals surface area contributed by atoms with E-state index in [2.05, 4.69) is 0 Å². The van der Waals surface area contributed by atoms with Gasteiger partial charge in [0.1, 0.15) is 0 Å². The topological polar surface area (TPSA) is 26.9 Å². The zero-order valence-electron chi connectivity index (χ0n) is 6.60. The van der Waals surface area contributed by atoms with Gasteiger partial charge in [-0.25, -0.2) is 0 Å². The standard InChI is InChI=1S/C8H10ClNO/c1-3-7-6(2)10(11)5-4-8(7)9/h4-5H,3H2,1-2H3. The predicted molar refractivity (Wildman–Crippen MR) is 44.5 cm³/mol. The number of pyridine rings is 1. The fraction of sp³-hybridized carbons (Fsp3) is 0.375. The number of aromatic nitrogens is 1. The van der Waals surface area contributed by atoms with Crippen LogP contribution in [0.25, 0.3) is 0 Å². The van der Waals surface area contributed by atoms with E-state index < -0.39 is 0 Å². The Morgan fingerprint density at radius 1 is 1.64 bits per heavy atom. The molecule has 1 aromatic rings. The Morgan fingerprint density at radius 3 is 2.73 bits per heavy atom. The molecule has 0 spiro atoms. The first-order chi connectivity index (χ1) is 5.16. The maximum Gasteiger partial charge on any atom is 0.194 e. The van der Waals surface area contributed by atoms with E-state index in [0.29, 0.717) is 10.7 Å². The molecule has 0 saturated heterocycles. The third-order valence-corrected chi connectivity index (χ3v) is 2.12. The smallest absolute Gasteiger partial charge is 0.194 e. The zero-order chi connectivity index (χ0) is 8.43. The van der Waals surface area contributed by atoms with E-state index in [4.69, 9.17) is 11.6 Å². The van der Waals surface area contributed by atoms with Crippen molar-refractivity contribution in [2.24, 2.45) is 0 Å². The van der Waals surface area contributed by atoms with Gasteiger partial charge in [-0.3, -0.25) is 0 Å². The van der Waals surface area contributed by atoms with Gasteiger partial charge in [-0.15, -0.1) is 0 Å². The molecule has 0 atom stereocenters. The van der Waals surface area contributed by atoms with Gasteiger partial charge in [0, 0.05) is 18.6 Å². The van der Waals surface area contributed by atoms with E-state index in [1.165, 1.54) is 6.20 Å². The van der Waals surface area contributed by atoms with Crippen LogP contribution >= 0.6 is 11.6 Å². The molecule has 2 nitrogen and oxygen atoms in total. The van der Waals surface area contributed by atoms with Crippen LogP contribution in [0.3, 0.4) is 0 Å². The second-order valence-corrected chi connectivity index (χ2v) is 2.81. The van der Waals surface area contributed by atoms with Crippen molar-refractivity contribution in [1.29, 1.82) is 0 Å². The van der Waals surface area contributed by atoms with E-state index in [9.17, 15) is 5.21 Å². The summed E-state index contributed by atoms with van der Waals surface area (Å²) in [5, 5.41) is 11.7. The van der Waals surface area contributed by atoms with E-state index in [1.54, 1.807) is 13.0 Å². The maximum atomic E-state index is 11.0. The highest BCUT2D eigenvalue weighted by Gasteiger charge is 2.08. The summed E-state index contributed by atoms with van der Waals surface area (Å²) in [4.78, 5) is 0. The number of hydrogen-bond acceptors (Lipinski definition) is 1. The molecule has 0 bridgehead atoms. The summed E-state index contributed by atoms with van der Waals surface area (Å²) in [7, 11) is 0. The predicted octanol–water partition coefficient (Wildman–Crippen LogP) is 1.84. The van der Waals surface area contributed by atoms with Crippen LogP contribution < -0.4 is 4.73 Å². The SMILES string of the molecule is CCc1c(Cl)cc[n+]([O-])c1C. The lowest BCUT2D eigenvalue weighted by Gasteiger charge is -2.05. The Balaban J connectivity index is 3.29. The quantitative estimate of drug-likeness (QED) is 0.468. The molecule has 1 heterocycles. The number of hydrogen-bond donors (Lipinski definition) is 0. The monoisotopic (exact) mass is 171 g/mol. The maximum absolute atomic E-state index is 11.0. The van der Waals surface area contributed by atoms with Crippen LogP contribution in [0, 0.1) is 12.1 Å². The molecule has 11 heavy (non-hydrogen) atoms. The number of halogens is 1. The Kier molecular flexibility index (Phi) is 2.35. The van der Waals surface area contributed by atoms with Crippen LogP contribution in [-0.4, -0.2) is 0 Å². The molecule has 0 aliphatic carbocycles. The summed E-state index contributed by atoms with van der Waals surface area (Å²) < 4.78 is 0.838. The summed E-state index contributed by atoms with van der Waals surface area (Å²) in [5.74, 6) is 0. The van der Waals surface area contributed by atoms with Crippen LogP contribution in [-0.2, 0) is 6.42 Å². The van der Waals surface area contributed by atoms with Crippen LogP contribution in [0.15, 0.2) is 12.3 Å². The van der Waals surface area contributed by atoms with Gasteiger partial charge in [0.05, 0.1) is 5.02 Å². The number of nitrogens with zero attached hydrogens (tertiary/aromatic N) is 1. The van der Waals surface area contributed by atoms with Gasteiger partial charge < -0.3 is 5.21 Å². The first-order valence-electron chi connectivity index (χ1n) is 3.54. The van der Waals surface area contributed by atoms with Crippen molar-refractivity contribution in [2.45, 2.75) is 20.3 Å². The lowest BCUT2D eigenvalue weighted by molar-refractivity contribution is -0.612. The average molecular weight is 172 g/mol. The van der Waals surface area contributed by atoms with Crippen molar-refractivity contribution in [3.05, 3.63) is 33.8 Å². The number of rotatable bonds is 1. The third kappa shape index (κ3) is 1.46. The summed E-state index contributed by atoms with van der Waals surface area (Å²) in [6.07, 6.45) is 2.23. The minimum atomic E-state index is 0.678. The fourth-order valence-corrected chi connectivity index (χ4v) is 1.40. The van der Waals surface area contributed by atoms with Gasteiger partial charge in [-0.2, -0.15) is 4.73 Å². The molecule has 1 rings (SSSR count). The first-order valence-corrected chi connectivity index (χ1v) is 3.91. The van der Waals surface area contributed by atoms with Crippen molar-refractivity contribution < 1.29 is 4.73 Å². The van der Waals surface area contributed by atoms with Gasteiger partial charge in [-0.1, -0.05) is 18.5 Å². The average Bonchev–Trinajstić information content (AvgIpc) is 1.99. The van der Waals surface area contributed by atoms with Crippen molar-refractivity contribution in [3.8, 4) is 0 Å². The second-order valence-electron chi connectivity index (χ2n) is 2.41. The first kappa shape index (κ1) is 8.34. The van der Waals surface area contributed by atoms with Gasteiger partial charge >= 0.3 is 0 Å². The highest BCUT2D eigenvalue weighted by Crippen LogP contribution is 2.16. The third-order valence-electron chi connectivity index (χ3n) is 1.77. The summed E-state index contributed by atoms with van der Waals surface area (Å²) in [6.45, 7) is 3.76. The Labute approximate surface area is 71.0 Å². The molecule has 3 heteroatoms. The molecule has 0 N–H and O–H groups in total. The molecule has 0 aliphatic rings. The molecular weight excluding hydrogens is 162 g/mol.